The molecule has 1 heterocycles. The van der Waals surface area contributed by atoms with Crippen molar-refractivity contribution >= 4 is 17.5 Å². The third-order valence-electron chi connectivity index (χ3n) is 3.45. The molecule has 1 aliphatic heterocycles. The molecule has 102 valence electrons. The van der Waals surface area contributed by atoms with Crippen molar-refractivity contribution in [3.63, 3.8) is 0 Å². The molecule has 0 aliphatic carbocycles. The number of fused-ring (bicyclic) bond motifs is 1. The quantitative estimate of drug-likeness (QED) is 0.876. The number of benzene rings is 1. The van der Waals surface area contributed by atoms with Crippen molar-refractivity contribution in [2.24, 2.45) is 0 Å². The Labute approximate surface area is 112 Å². The van der Waals surface area contributed by atoms with Crippen LogP contribution in [0, 0.1) is 0 Å². The first-order valence-corrected chi connectivity index (χ1v) is 6.26. The number of ether oxygens (including phenoxy) is 1. The minimum atomic E-state index is -0.555. The second-order valence-electron chi connectivity index (χ2n) is 4.67. The van der Waals surface area contributed by atoms with E-state index >= 15 is 0 Å². The summed E-state index contributed by atoms with van der Waals surface area (Å²) in [6.07, 6.45) is -0.555. The van der Waals surface area contributed by atoms with Crippen LogP contribution in [-0.4, -0.2) is 36.0 Å². The SMILES string of the molecule is COC(C)C(=O)N1Cc2ccccc2NC(=O)C1C. The Kier molecular flexibility index (Phi) is 3.85. The van der Waals surface area contributed by atoms with Gasteiger partial charge >= 0.3 is 0 Å². The molecule has 0 spiro atoms. The summed E-state index contributed by atoms with van der Waals surface area (Å²) in [5.41, 5.74) is 1.69. The van der Waals surface area contributed by atoms with E-state index in [4.69, 9.17) is 4.74 Å². The zero-order valence-corrected chi connectivity index (χ0v) is 11.3. The Morgan fingerprint density at radius 1 is 1.47 bits per heavy atom. The van der Waals surface area contributed by atoms with Crippen molar-refractivity contribution in [2.75, 3.05) is 12.4 Å². The van der Waals surface area contributed by atoms with Crippen molar-refractivity contribution in [2.45, 2.75) is 32.5 Å². The van der Waals surface area contributed by atoms with Gasteiger partial charge in [0.1, 0.15) is 12.1 Å². The van der Waals surface area contributed by atoms with E-state index in [0.29, 0.717) is 6.54 Å². The van der Waals surface area contributed by atoms with Gasteiger partial charge in [-0.25, -0.2) is 0 Å². The van der Waals surface area contributed by atoms with Crippen LogP contribution in [0.25, 0.3) is 0 Å². The summed E-state index contributed by atoms with van der Waals surface area (Å²) in [7, 11) is 1.49. The molecule has 1 aromatic carbocycles. The molecule has 0 saturated heterocycles. The fourth-order valence-corrected chi connectivity index (χ4v) is 2.08. The van der Waals surface area contributed by atoms with Crippen molar-refractivity contribution < 1.29 is 14.3 Å². The zero-order chi connectivity index (χ0) is 14.0. The van der Waals surface area contributed by atoms with Gasteiger partial charge in [-0.3, -0.25) is 9.59 Å². The maximum absolute atomic E-state index is 12.3. The molecular formula is C14H18N2O3. The molecule has 2 amide bonds. The number of nitrogens with one attached hydrogen (secondary N) is 1. The molecule has 1 aromatic rings. The lowest BCUT2D eigenvalue weighted by molar-refractivity contribution is -0.146. The van der Waals surface area contributed by atoms with Crippen LogP contribution in [-0.2, 0) is 20.9 Å². The molecule has 0 fully saturated rings. The van der Waals surface area contributed by atoms with Crippen molar-refractivity contribution in [1.82, 2.24) is 4.90 Å². The number of hydrogen-bond acceptors (Lipinski definition) is 3. The van der Waals surface area contributed by atoms with Crippen molar-refractivity contribution in [1.29, 1.82) is 0 Å². The molecule has 2 unspecified atom stereocenters. The zero-order valence-electron chi connectivity index (χ0n) is 11.3. The van der Waals surface area contributed by atoms with E-state index in [0.717, 1.165) is 11.3 Å². The molecule has 1 N–H and O–H groups in total. The summed E-state index contributed by atoms with van der Waals surface area (Å²) in [6.45, 7) is 3.81. The molecule has 0 bridgehead atoms. The van der Waals surface area contributed by atoms with E-state index in [1.165, 1.54) is 7.11 Å². The van der Waals surface area contributed by atoms with Gasteiger partial charge in [0.25, 0.3) is 5.91 Å². The fraction of sp³-hybridized carbons (Fsp3) is 0.429. The van der Waals surface area contributed by atoms with Gasteiger partial charge in [-0.2, -0.15) is 0 Å². The molecule has 19 heavy (non-hydrogen) atoms. The van der Waals surface area contributed by atoms with Gasteiger partial charge in [-0.1, -0.05) is 18.2 Å². The Hall–Kier alpha value is -1.88. The Balaban J connectivity index is 2.34. The van der Waals surface area contributed by atoms with Gasteiger partial charge in [0.05, 0.1) is 0 Å². The number of anilines is 1. The summed E-state index contributed by atoms with van der Waals surface area (Å²) in [5.74, 6) is -0.358. The highest BCUT2D eigenvalue weighted by molar-refractivity contribution is 5.99. The number of rotatable bonds is 2. The van der Waals surface area contributed by atoms with Gasteiger partial charge in [0.15, 0.2) is 0 Å². The lowest BCUT2D eigenvalue weighted by Gasteiger charge is -2.28. The smallest absolute Gasteiger partial charge is 0.252 e. The maximum Gasteiger partial charge on any atom is 0.252 e. The van der Waals surface area contributed by atoms with Gasteiger partial charge < -0.3 is 15.0 Å². The highest BCUT2D eigenvalue weighted by Crippen LogP contribution is 2.23. The maximum atomic E-state index is 12.3. The minimum Gasteiger partial charge on any atom is -0.372 e. The molecule has 1 aliphatic rings. The summed E-state index contributed by atoms with van der Waals surface area (Å²) in [5, 5.41) is 2.84. The molecule has 2 atom stereocenters. The summed E-state index contributed by atoms with van der Waals surface area (Å²) in [4.78, 5) is 25.9. The van der Waals surface area contributed by atoms with Gasteiger partial charge in [0, 0.05) is 19.3 Å². The van der Waals surface area contributed by atoms with E-state index in [9.17, 15) is 9.59 Å². The van der Waals surface area contributed by atoms with Gasteiger partial charge in [0.2, 0.25) is 5.91 Å². The van der Waals surface area contributed by atoms with Gasteiger partial charge in [-0.05, 0) is 25.5 Å². The third-order valence-corrected chi connectivity index (χ3v) is 3.45. The van der Waals surface area contributed by atoms with E-state index in [2.05, 4.69) is 5.32 Å². The minimum absolute atomic E-state index is 0.179. The summed E-state index contributed by atoms with van der Waals surface area (Å²) >= 11 is 0. The first-order chi connectivity index (χ1) is 9.04. The Bertz CT molecular complexity index is 501. The normalized spacial score (nSPS) is 20.3. The Morgan fingerprint density at radius 3 is 2.84 bits per heavy atom. The van der Waals surface area contributed by atoms with Crippen molar-refractivity contribution in [3.8, 4) is 0 Å². The number of carbonyl (C=O) groups excluding carboxylic acids is 2. The van der Waals surface area contributed by atoms with Crippen LogP contribution >= 0.6 is 0 Å². The number of methoxy groups -OCH3 is 1. The summed E-state index contributed by atoms with van der Waals surface area (Å²) < 4.78 is 5.05. The van der Waals surface area contributed by atoms with Gasteiger partial charge in [-0.15, -0.1) is 0 Å². The number of nitrogens with zero attached hydrogens (tertiary/aromatic N) is 1. The van der Waals surface area contributed by atoms with E-state index in [1.807, 2.05) is 24.3 Å². The first-order valence-electron chi connectivity index (χ1n) is 6.26. The first kappa shape index (κ1) is 13.5. The number of para-hydroxylation sites is 1. The lowest BCUT2D eigenvalue weighted by Crippen LogP contribution is -2.47. The standard InChI is InChI=1S/C14H18N2O3/c1-9-13(17)15-12-7-5-4-6-11(12)8-16(9)14(18)10(2)19-3/h4-7,9-10H,8H2,1-3H3,(H,15,17). The molecule has 0 radical (unpaired) electrons. The highest BCUT2D eigenvalue weighted by atomic mass is 16.5. The van der Waals surface area contributed by atoms with Crippen LogP contribution in [0.3, 0.4) is 0 Å². The molecular weight excluding hydrogens is 244 g/mol. The van der Waals surface area contributed by atoms with Crippen LogP contribution in [0.5, 0.6) is 0 Å². The monoisotopic (exact) mass is 262 g/mol. The van der Waals surface area contributed by atoms with E-state index in [-0.39, 0.29) is 11.8 Å². The topological polar surface area (TPSA) is 58.6 Å². The van der Waals surface area contributed by atoms with E-state index in [1.54, 1.807) is 18.7 Å². The summed E-state index contributed by atoms with van der Waals surface area (Å²) in [6, 6.07) is 6.99. The average molecular weight is 262 g/mol. The lowest BCUT2D eigenvalue weighted by atomic mass is 10.1. The van der Waals surface area contributed by atoms with Crippen molar-refractivity contribution in [3.05, 3.63) is 29.8 Å². The van der Waals surface area contributed by atoms with Crippen LogP contribution in [0.1, 0.15) is 19.4 Å². The number of amides is 2. The van der Waals surface area contributed by atoms with Crippen LogP contribution in [0.15, 0.2) is 24.3 Å². The molecule has 2 rings (SSSR count). The predicted octanol–water partition coefficient (Wildman–Crippen LogP) is 1.39. The Morgan fingerprint density at radius 2 is 2.16 bits per heavy atom. The molecule has 5 heteroatoms. The molecule has 0 saturated carbocycles. The molecule has 5 nitrogen and oxygen atoms in total. The highest BCUT2D eigenvalue weighted by Gasteiger charge is 2.32. The fourth-order valence-electron chi connectivity index (χ4n) is 2.08. The van der Waals surface area contributed by atoms with Crippen LogP contribution in [0.2, 0.25) is 0 Å². The largest absolute Gasteiger partial charge is 0.372 e. The second-order valence-corrected chi connectivity index (χ2v) is 4.67. The average Bonchev–Trinajstić information content (AvgIpc) is 2.55. The number of carbonyl (C=O) groups is 2. The van der Waals surface area contributed by atoms with Crippen LogP contribution in [0.4, 0.5) is 5.69 Å². The predicted molar refractivity (Wildman–Crippen MR) is 71.6 cm³/mol. The van der Waals surface area contributed by atoms with E-state index < -0.39 is 12.1 Å². The number of hydrogen-bond donors (Lipinski definition) is 1. The second kappa shape index (κ2) is 5.40. The van der Waals surface area contributed by atoms with Crippen LogP contribution < -0.4 is 5.32 Å². The molecule has 0 aromatic heterocycles. The third kappa shape index (κ3) is 2.61.